The fraction of sp³-hybridized carbons (Fsp3) is 0.538. The van der Waals surface area contributed by atoms with Gasteiger partial charge in [-0.1, -0.05) is 18.5 Å². The Morgan fingerprint density at radius 1 is 1.50 bits per heavy atom. The lowest BCUT2D eigenvalue weighted by atomic mass is 9.92. The molecule has 1 unspecified atom stereocenters. The second-order valence-corrected chi connectivity index (χ2v) is 4.76. The summed E-state index contributed by atoms with van der Waals surface area (Å²) in [6.45, 7) is 3.18. The molecule has 18 heavy (non-hydrogen) atoms. The van der Waals surface area contributed by atoms with Crippen LogP contribution in [0.2, 0.25) is 0 Å². The second kappa shape index (κ2) is 4.57. The van der Waals surface area contributed by atoms with Crippen molar-refractivity contribution in [3.8, 4) is 11.6 Å². The molecule has 5 nitrogen and oxygen atoms in total. The van der Waals surface area contributed by atoms with Gasteiger partial charge in [-0.25, -0.2) is 0 Å². The number of furan rings is 1. The third-order valence-electron chi connectivity index (χ3n) is 3.50. The fourth-order valence-corrected chi connectivity index (χ4v) is 2.66. The van der Waals surface area contributed by atoms with E-state index < -0.39 is 0 Å². The van der Waals surface area contributed by atoms with Crippen molar-refractivity contribution in [3.63, 3.8) is 0 Å². The van der Waals surface area contributed by atoms with Gasteiger partial charge in [-0.2, -0.15) is 4.98 Å². The van der Waals surface area contributed by atoms with E-state index in [1.54, 1.807) is 6.26 Å². The number of hydrogen-bond donors (Lipinski definition) is 1. The van der Waals surface area contributed by atoms with Crippen molar-refractivity contribution in [1.29, 1.82) is 0 Å². The summed E-state index contributed by atoms with van der Waals surface area (Å²) in [5.41, 5.74) is -0.132. The summed E-state index contributed by atoms with van der Waals surface area (Å²) in [5.74, 6) is 1.86. The normalized spacial score (nSPS) is 23.6. The first kappa shape index (κ1) is 11.5. The molecule has 1 fully saturated rings. The molecule has 0 radical (unpaired) electrons. The van der Waals surface area contributed by atoms with Crippen molar-refractivity contribution in [2.75, 3.05) is 6.54 Å². The summed E-state index contributed by atoms with van der Waals surface area (Å²) in [7, 11) is 0. The van der Waals surface area contributed by atoms with Crippen LogP contribution in [0.1, 0.15) is 38.5 Å². The Morgan fingerprint density at radius 3 is 3.11 bits per heavy atom. The highest BCUT2D eigenvalue weighted by atomic mass is 16.5. The zero-order chi connectivity index (χ0) is 12.4. The van der Waals surface area contributed by atoms with E-state index in [1.807, 2.05) is 12.1 Å². The Labute approximate surface area is 106 Å². The summed E-state index contributed by atoms with van der Waals surface area (Å²) in [4.78, 5) is 4.49. The quantitative estimate of drug-likeness (QED) is 0.899. The van der Waals surface area contributed by atoms with E-state index in [0.717, 1.165) is 32.2 Å². The van der Waals surface area contributed by atoms with Crippen LogP contribution in [0.25, 0.3) is 11.6 Å². The van der Waals surface area contributed by atoms with E-state index in [2.05, 4.69) is 22.4 Å². The van der Waals surface area contributed by atoms with E-state index in [9.17, 15) is 0 Å². The molecular weight excluding hydrogens is 230 g/mol. The molecular formula is C13H17N3O2. The van der Waals surface area contributed by atoms with Gasteiger partial charge in [0.15, 0.2) is 5.76 Å². The highest BCUT2D eigenvalue weighted by Gasteiger charge is 2.39. The van der Waals surface area contributed by atoms with Crippen LogP contribution in [0.3, 0.4) is 0 Å². The van der Waals surface area contributed by atoms with Crippen LogP contribution in [0.5, 0.6) is 0 Å². The molecule has 0 aromatic carbocycles. The molecule has 0 spiro atoms. The maximum absolute atomic E-state index is 5.44. The molecule has 1 aliphatic rings. The molecule has 0 bridgehead atoms. The molecule has 1 saturated heterocycles. The number of nitrogens with zero attached hydrogens (tertiary/aromatic N) is 2. The van der Waals surface area contributed by atoms with Gasteiger partial charge >= 0.3 is 0 Å². The van der Waals surface area contributed by atoms with Gasteiger partial charge in [-0.15, -0.1) is 0 Å². The van der Waals surface area contributed by atoms with Gasteiger partial charge in [0.05, 0.1) is 11.8 Å². The van der Waals surface area contributed by atoms with E-state index in [-0.39, 0.29) is 5.54 Å². The monoisotopic (exact) mass is 247 g/mol. The number of nitrogens with one attached hydrogen (secondary N) is 1. The molecule has 1 N–H and O–H groups in total. The summed E-state index contributed by atoms with van der Waals surface area (Å²) in [6.07, 6.45) is 5.93. The average Bonchev–Trinajstić information content (AvgIpc) is 3.11. The highest BCUT2D eigenvalue weighted by molar-refractivity contribution is 5.45. The molecule has 2 aromatic heterocycles. The first-order chi connectivity index (χ1) is 8.84. The molecule has 2 aromatic rings. The van der Waals surface area contributed by atoms with Gasteiger partial charge in [0.25, 0.3) is 0 Å². The van der Waals surface area contributed by atoms with Crippen molar-refractivity contribution in [2.45, 2.75) is 38.1 Å². The van der Waals surface area contributed by atoms with Crippen molar-refractivity contribution in [2.24, 2.45) is 0 Å². The first-order valence-corrected chi connectivity index (χ1v) is 6.47. The summed E-state index contributed by atoms with van der Waals surface area (Å²) in [5, 5.41) is 7.53. The number of rotatable bonds is 4. The Kier molecular flexibility index (Phi) is 2.91. The first-order valence-electron chi connectivity index (χ1n) is 6.47. The van der Waals surface area contributed by atoms with Crippen molar-refractivity contribution < 1.29 is 8.94 Å². The summed E-state index contributed by atoms with van der Waals surface area (Å²) >= 11 is 0. The zero-order valence-electron chi connectivity index (χ0n) is 10.5. The van der Waals surface area contributed by atoms with E-state index in [0.29, 0.717) is 17.5 Å². The van der Waals surface area contributed by atoms with Crippen LogP contribution < -0.4 is 5.32 Å². The number of aromatic nitrogens is 2. The van der Waals surface area contributed by atoms with Crippen LogP contribution in [0.15, 0.2) is 27.3 Å². The van der Waals surface area contributed by atoms with Crippen LogP contribution in [0.4, 0.5) is 0 Å². The van der Waals surface area contributed by atoms with Crippen LogP contribution in [-0.2, 0) is 5.54 Å². The van der Waals surface area contributed by atoms with E-state index >= 15 is 0 Å². The predicted octanol–water partition coefficient (Wildman–Crippen LogP) is 2.71. The van der Waals surface area contributed by atoms with Crippen LogP contribution in [-0.4, -0.2) is 16.7 Å². The fourth-order valence-electron chi connectivity index (χ4n) is 2.66. The maximum Gasteiger partial charge on any atom is 0.247 e. The third-order valence-corrected chi connectivity index (χ3v) is 3.50. The maximum atomic E-state index is 5.44. The molecule has 0 aliphatic carbocycles. The largest absolute Gasteiger partial charge is 0.461 e. The Morgan fingerprint density at radius 2 is 2.44 bits per heavy atom. The Balaban J connectivity index is 1.92. The molecule has 3 rings (SSSR count). The van der Waals surface area contributed by atoms with Gasteiger partial charge in [0.1, 0.15) is 0 Å². The molecule has 3 heterocycles. The van der Waals surface area contributed by atoms with Gasteiger partial charge in [-0.05, 0) is 37.9 Å². The molecule has 1 aliphatic heterocycles. The SMILES string of the molecule is CCCC1(c2nc(-c3ccco3)no2)CCCN1. The third kappa shape index (κ3) is 1.84. The van der Waals surface area contributed by atoms with Crippen molar-refractivity contribution in [3.05, 3.63) is 24.3 Å². The minimum Gasteiger partial charge on any atom is -0.461 e. The molecule has 0 amide bonds. The average molecular weight is 247 g/mol. The van der Waals surface area contributed by atoms with Crippen molar-refractivity contribution in [1.82, 2.24) is 15.5 Å². The minimum atomic E-state index is -0.132. The standard InChI is InChI=1S/C13H17N3O2/c1-2-6-13(7-4-8-14-13)12-15-11(16-18-12)10-5-3-9-17-10/h3,5,9,14H,2,4,6-8H2,1H3. The van der Waals surface area contributed by atoms with Crippen LogP contribution in [0, 0.1) is 0 Å². The van der Waals surface area contributed by atoms with Gasteiger partial charge in [0.2, 0.25) is 11.7 Å². The topological polar surface area (TPSA) is 64.1 Å². The lowest BCUT2D eigenvalue weighted by molar-refractivity contribution is 0.241. The zero-order valence-corrected chi connectivity index (χ0v) is 10.5. The molecule has 0 saturated carbocycles. The van der Waals surface area contributed by atoms with Gasteiger partial charge in [0, 0.05) is 0 Å². The predicted molar refractivity (Wildman–Crippen MR) is 65.8 cm³/mol. The molecule has 5 heteroatoms. The highest BCUT2D eigenvalue weighted by Crippen LogP contribution is 2.35. The minimum absolute atomic E-state index is 0.132. The van der Waals surface area contributed by atoms with E-state index in [4.69, 9.17) is 8.94 Å². The Bertz CT molecular complexity index is 498. The lowest BCUT2D eigenvalue weighted by Crippen LogP contribution is -2.36. The van der Waals surface area contributed by atoms with Gasteiger partial charge in [-0.3, -0.25) is 0 Å². The van der Waals surface area contributed by atoms with Crippen molar-refractivity contribution >= 4 is 0 Å². The van der Waals surface area contributed by atoms with E-state index in [1.165, 1.54) is 0 Å². The summed E-state index contributed by atoms with van der Waals surface area (Å²) in [6, 6.07) is 3.66. The second-order valence-electron chi connectivity index (χ2n) is 4.76. The van der Waals surface area contributed by atoms with Crippen LogP contribution >= 0.6 is 0 Å². The lowest BCUT2D eigenvalue weighted by Gasteiger charge is -2.24. The smallest absolute Gasteiger partial charge is 0.247 e. The molecule has 1 atom stereocenters. The summed E-state index contributed by atoms with van der Waals surface area (Å²) < 4.78 is 10.7. The van der Waals surface area contributed by atoms with Gasteiger partial charge < -0.3 is 14.3 Å². The molecule has 96 valence electrons. The number of hydrogen-bond acceptors (Lipinski definition) is 5. The Hall–Kier alpha value is -1.62.